The van der Waals surface area contributed by atoms with E-state index < -0.39 is 0 Å². The molecule has 5 nitrogen and oxygen atoms in total. The largest absolute Gasteiger partial charge is 0.358 e. The summed E-state index contributed by atoms with van der Waals surface area (Å²) in [6.07, 6.45) is 0. The zero-order chi connectivity index (χ0) is 15.4. The van der Waals surface area contributed by atoms with Gasteiger partial charge in [0.2, 0.25) is 5.91 Å². The Labute approximate surface area is 137 Å². The summed E-state index contributed by atoms with van der Waals surface area (Å²) < 4.78 is 1.92. The predicted octanol–water partition coefficient (Wildman–Crippen LogP) is 3.11. The Kier molecular flexibility index (Phi) is 5.50. The Morgan fingerprint density at radius 2 is 2.14 bits per heavy atom. The summed E-state index contributed by atoms with van der Waals surface area (Å²) in [7, 11) is 1.60. The van der Waals surface area contributed by atoms with Crippen LogP contribution in [0.4, 0.5) is 0 Å². The fourth-order valence-corrected chi connectivity index (χ4v) is 3.12. The Morgan fingerprint density at radius 1 is 1.38 bits per heavy atom. The van der Waals surface area contributed by atoms with Crippen molar-refractivity contribution in [3.05, 3.63) is 28.2 Å². The first-order valence-corrected chi connectivity index (χ1v) is 8.03. The normalized spacial score (nSPS) is 10.7. The molecule has 1 N–H and O–H groups in total. The molecule has 8 heteroatoms. The van der Waals surface area contributed by atoms with E-state index in [9.17, 15) is 4.79 Å². The van der Waals surface area contributed by atoms with Gasteiger partial charge >= 0.3 is 0 Å². The van der Waals surface area contributed by atoms with Gasteiger partial charge < -0.3 is 9.88 Å². The number of hydrogen-bond donors (Lipinski definition) is 1. The average Bonchev–Trinajstić information content (AvgIpc) is 2.87. The number of carbonyl (C=O) groups excluding carboxylic acids is 1. The Balaban J connectivity index is 2.33. The molecule has 2 rings (SSSR count). The fraction of sp³-hybridized carbons (Fsp3) is 0.308. The monoisotopic (exact) mass is 344 g/mol. The maximum atomic E-state index is 11.3. The van der Waals surface area contributed by atoms with Crippen LogP contribution in [-0.2, 0) is 11.3 Å². The van der Waals surface area contributed by atoms with Gasteiger partial charge in [0.25, 0.3) is 0 Å². The van der Waals surface area contributed by atoms with Gasteiger partial charge in [-0.2, -0.15) is 0 Å². The second kappa shape index (κ2) is 7.15. The van der Waals surface area contributed by atoms with E-state index in [0.717, 1.165) is 5.56 Å². The number of amides is 1. The highest BCUT2D eigenvalue weighted by Gasteiger charge is 2.16. The molecule has 0 fully saturated rings. The molecule has 0 radical (unpaired) electrons. The maximum Gasteiger partial charge on any atom is 0.230 e. The third-order valence-corrected chi connectivity index (χ3v) is 4.33. The van der Waals surface area contributed by atoms with Crippen molar-refractivity contribution in [2.75, 3.05) is 12.8 Å². The number of aromatic nitrogens is 3. The summed E-state index contributed by atoms with van der Waals surface area (Å²) >= 11 is 13.5. The highest BCUT2D eigenvalue weighted by atomic mass is 35.5. The molecule has 0 unspecified atom stereocenters. The van der Waals surface area contributed by atoms with Crippen LogP contribution in [-0.4, -0.2) is 33.5 Å². The van der Waals surface area contributed by atoms with Crippen molar-refractivity contribution in [2.45, 2.75) is 18.6 Å². The lowest BCUT2D eigenvalue weighted by Gasteiger charge is -2.08. The van der Waals surface area contributed by atoms with Crippen molar-refractivity contribution in [1.82, 2.24) is 20.1 Å². The summed E-state index contributed by atoms with van der Waals surface area (Å²) in [6.45, 7) is 2.66. The molecular weight excluding hydrogens is 331 g/mol. The number of rotatable bonds is 5. The van der Waals surface area contributed by atoms with E-state index in [1.54, 1.807) is 19.2 Å². The van der Waals surface area contributed by atoms with Crippen LogP contribution in [0.25, 0.3) is 11.4 Å². The number of halogens is 2. The minimum atomic E-state index is -0.0586. The summed E-state index contributed by atoms with van der Waals surface area (Å²) in [5.74, 6) is 0.901. The van der Waals surface area contributed by atoms with E-state index in [2.05, 4.69) is 15.5 Å². The van der Waals surface area contributed by atoms with E-state index in [1.807, 2.05) is 17.6 Å². The highest BCUT2D eigenvalue weighted by molar-refractivity contribution is 7.99. The first-order chi connectivity index (χ1) is 10.1. The summed E-state index contributed by atoms with van der Waals surface area (Å²) in [6, 6.07) is 5.24. The van der Waals surface area contributed by atoms with Gasteiger partial charge in [-0.1, -0.05) is 35.0 Å². The van der Waals surface area contributed by atoms with Crippen LogP contribution in [0.5, 0.6) is 0 Å². The molecule has 0 spiro atoms. The number of nitrogens with zero attached hydrogens (tertiary/aromatic N) is 3. The molecule has 0 aliphatic carbocycles. The number of thioether (sulfide) groups is 1. The van der Waals surface area contributed by atoms with E-state index in [0.29, 0.717) is 33.3 Å². The molecule has 0 saturated heterocycles. The first-order valence-electron chi connectivity index (χ1n) is 6.28. The Bertz CT molecular complexity index is 660. The number of carbonyl (C=O) groups is 1. The average molecular weight is 345 g/mol. The van der Waals surface area contributed by atoms with Crippen molar-refractivity contribution >= 4 is 40.9 Å². The number of hydrogen-bond acceptors (Lipinski definition) is 4. The fourth-order valence-electron chi connectivity index (χ4n) is 1.75. The zero-order valence-electron chi connectivity index (χ0n) is 11.6. The molecule has 0 saturated carbocycles. The molecule has 0 aliphatic rings. The maximum absolute atomic E-state index is 11.3. The number of nitrogens with one attached hydrogen (secondary N) is 1. The van der Waals surface area contributed by atoms with Gasteiger partial charge in [0.15, 0.2) is 11.0 Å². The molecule has 112 valence electrons. The molecule has 1 heterocycles. The van der Waals surface area contributed by atoms with Gasteiger partial charge in [-0.3, -0.25) is 4.79 Å². The SMILES string of the molecule is CCn1c(SCC(=O)NC)nnc1-c1ccc(Cl)cc1Cl. The highest BCUT2D eigenvalue weighted by Crippen LogP contribution is 2.31. The van der Waals surface area contributed by atoms with E-state index in [1.165, 1.54) is 11.8 Å². The van der Waals surface area contributed by atoms with Crippen LogP contribution in [0, 0.1) is 0 Å². The van der Waals surface area contributed by atoms with Gasteiger partial charge in [0.1, 0.15) is 0 Å². The van der Waals surface area contributed by atoms with Gasteiger partial charge in [0, 0.05) is 24.2 Å². The minimum absolute atomic E-state index is 0.0586. The smallest absolute Gasteiger partial charge is 0.230 e. The molecule has 0 bridgehead atoms. The molecule has 1 aromatic carbocycles. The third kappa shape index (κ3) is 3.70. The molecule has 1 amide bonds. The second-order valence-corrected chi connectivity index (χ2v) is 5.92. The van der Waals surface area contributed by atoms with Crippen LogP contribution in [0.1, 0.15) is 6.92 Å². The second-order valence-electron chi connectivity index (χ2n) is 4.14. The van der Waals surface area contributed by atoms with Gasteiger partial charge in [-0.25, -0.2) is 0 Å². The first kappa shape index (κ1) is 16.1. The van der Waals surface area contributed by atoms with Crippen LogP contribution in [0.15, 0.2) is 23.4 Å². The lowest BCUT2D eigenvalue weighted by atomic mass is 10.2. The standard InChI is InChI=1S/C13H14Cl2N4OS/c1-3-19-12(9-5-4-8(14)6-10(9)15)17-18-13(19)21-7-11(20)16-2/h4-6H,3,7H2,1-2H3,(H,16,20). The zero-order valence-corrected chi connectivity index (χ0v) is 13.9. The predicted molar refractivity (Wildman–Crippen MR) is 85.9 cm³/mol. The van der Waals surface area contributed by atoms with Crippen LogP contribution in [0.3, 0.4) is 0 Å². The Morgan fingerprint density at radius 3 is 2.76 bits per heavy atom. The Hall–Kier alpha value is -1.24. The summed E-state index contributed by atoms with van der Waals surface area (Å²) in [5.41, 5.74) is 0.766. The van der Waals surface area contributed by atoms with Crippen molar-refractivity contribution in [3.8, 4) is 11.4 Å². The van der Waals surface area contributed by atoms with E-state index >= 15 is 0 Å². The van der Waals surface area contributed by atoms with Crippen molar-refractivity contribution in [2.24, 2.45) is 0 Å². The molecular formula is C13H14Cl2N4OS. The van der Waals surface area contributed by atoms with E-state index in [-0.39, 0.29) is 5.91 Å². The lowest BCUT2D eigenvalue weighted by molar-refractivity contribution is -0.118. The molecule has 2 aromatic rings. The topological polar surface area (TPSA) is 59.8 Å². The lowest BCUT2D eigenvalue weighted by Crippen LogP contribution is -2.20. The molecule has 0 aliphatic heterocycles. The molecule has 0 atom stereocenters. The summed E-state index contributed by atoms with van der Waals surface area (Å²) in [5, 5.41) is 12.7. The van der Waals surface area contributed by atoms with Crippen LogP contribution in [0.2, 0.25) is 10.0 Å². The third-order valence-electron chi connectivity index (χ3n) is 2.82. The van der Waals surface area contributed by atoms with Crippen LogP contribution < -0.4 is 5.32 Å². The molecule has 1 aromatic heterocycles. The molecule has 21 heavy (non-hydrogen) atoms. The van der Waals surface area contributed by atoms with E-state index in [4.69, 9.17) is 23.2 Å². The minimum Gasteiger partial charge on any atom is -0.358 e. The van der Waals surface area contributed by atoms with Crippen molar-refractivity contribution in [3.63, 3.8) is 0 Å². The van der Waals surface area contributed by atoms with Gasteiger partial charge in [0.05, 0.1) is 10.8 Å². The van der Waals surface area contributed by atoms with Crippen molar-refractivity contribution < 1.29 is 4.79 Å². The quantitative estimate of drug-likeness (QED) is 0.846. The summed E-state index contributed by atoms with van der Waals surface area (Å²) in [4.78, 5) is 11.3. The van der Waals surface area contributed by atoms with Crippen molar-refractivity contribution in [1.29, 1.82) is 0 Å². The van der Waals surface area contributed by atoms with Gasteiger partial charge in [-0.05, 0) is 25.1 Å². The number of benzene rings is 1. The van der Waals surface area contributed by atoms with Gasteiger partial charge in [-0.15, -0.1) is 10.2 Å². The van der Waals surface area contributed by atoms with Crippen LogP contribution >= 0.6 is 35.0 Å².